The number of hydrogen-bond acceptors (Lipinski definition) is 5. The monoisotopic (exact) mass is 334 g/mol. The summed E-state index contributed by atoms with van der Waals surface area (Å²) in [4.78, 5) is 7.04. The molecular weight excluding hydrogens is 326 g/mol. The highest BCUT2D eigenvalue weighted by Gasteiger charge is 2.15. The third-order valence-corrected chi connectivity index (χ3v) is 3.03. The second-order valence-corrected chi connectivity index (χ2v) is 6.08. The molecule has 0 spiro atoms. The number of rotatable bonds is 4. The average molecular weight is 335 g/mol. The molecule has 0 aliphatic heterocycles. The molecule has 10 heteroatoms. The van der Waals surface area contributed by atoms with Gasteiger partial charge in [-0.2, -0.15) is 4.98 Å². The fourth-order valence-corrected chi connectivity index (χ4v) is 2.19. The van der Waals surface area contributed by atoms with Gasteiger partial charge in [-0.3, -0.25) is 4.72 Å². The maximum atomic E-state index is 13.7. The van der Waals surface area contributed by atoms with E-state index in [-0.39, 0.29) is 22.5 Å². The lowest BCUT2D eigenvalue weighted by atomic mass is 10.2. The highest BCUT2D eigenvalue weighted by Crippen LogP contribution is 2.29. The molecule has 1 aromatic carbocycles. The summed E-state index contributed by atoms with van der Waals surface area (Å²) in [5.41, 5.74) is -0.372. The normalized spacial score (nSPS) is 11.2. The lowest BCUT2D eigenvalue weighted by Gasteiger charge is -2.13. The highest BCUT2D eigenvalue weighted by molar-refractivity contribution is 7.92. The molecule has 2 N–H and O–H groups in total. The number of nitrogens with one attached hydrogen (secondary N) is 2. The molecule has 21 heavy (non-hydrogen) atoms. The van der Waals surface area contributed by atoms with Gasteiger partial charge in [-0.25, -0.2) is 22.2 Å². The Morgan fingerprint density at radius 2 is 1.95 bits per heavy atom. The molecule has 112 valence electrons. The average Bonchev–Trinajstić information content (AvgIpc) is 2.37. The highest BCUT2D eigenvalue weighted by atomic mass is 35.5. The van der Waals surface area contributed by atoms with E-state index in [0.29, 0.717) is 0 Å². The van der Waals surface area contributed by atoms with Crippen molar-refractivity contribution < 1.29 is 17.2 Å². The summed E-state index contributed by atoms with van der Waals surface area (Å²) in [7, 11) is -3.72. The molecule has 0 unspecified atom stereocenters. The van der Waals surface area contributed by atoms with Crippen LogP contribution in [0, 0.1) is 11.6 Å². The first-order chi connectivity index (χ1) is 9.76. The van der Waals surface area contributed by atoms with E-state index in [9.17, 15) is 17.2 Å². The standard InChI is InChI=1S/C11H9ClF2N4O2S/c1-21(19,20)18-9-6(13)3-2-4-8(9)16-10-7(14)5-15-11(12)17-10/h2-5,18H,1H3,(H,15,16,17). The Bertz CT molecular complexity index is 786. The summed E-state index contributed by atoms with van der Waals surface area (Å²) in [5, 5.41) is 2.25. The lowest BCUT2D eigenvalue weighted by molar-refractivity contribution is 0.604. The zero-order valence-electron chi connectivity index (χ0n) is 10.6. The topological polar surface area (TPSA) is 84.0 Å². The first-order valence-electron chi connectivity index (χ1n) is 5.47. The summed E-state index contributed by atoms with van der Waals surface area (Å²) in [6, 6.07) is 3.74. The quantitative estimate of drug-likeness (QED) is 0.839. The van der Waals surface area contributed by atoms with Crippen LogP contribution in [-0.4, -0.2) is 24.6 Å². The maximum Gasteiger partial charge on any atom is 0.229 e. The van der Waals surface area contributed by atoms with Gasteiger partial charge in [0.15, 0.2) is 11.6 Å². The minimum Gasteiger partial charge on any atom is -0.336 e. The molecule has 2 aromatic rings. The van der Waals surface area contributed by atoms with Crippen LogP contribution in [0.2, 0.25) is 5.28 Å². The van der Waals surface area contributed by atoms with E-state index in [4.69, 9.17) is 11.6 Å². The zero-order chi connectivity index (χ0) is 15.6. The van der Waals surface area contributed by atoms with Crippen molar-refractivity contribution in [2.45, 2.75) is 0 Å². The van der Waals surface area contributed by atoms with Gasteiger partial charge in [0.05, 0.1) is 18.1 Å². The predicted molar refractivity (Wildman–Crippen MR) is 75.1 cm³/mol. The van der Waals surface area contributed by atoms with Crippen LogP contribution in [0.15, 0.2) is 24.4 Å². The van der Waals surface area contributed by atoms with Crippen LogP contribution < -0.4 is 10.0 Å². The van der Waals surface area contributed by atoms with Gasteiger partial charge in [0, 0.05) is 0 Å². The molecule has 0 saturated carbocycles. The van der Waals surface area contributed by atoms with Crippen molar-refractivity contribution in [3.63, 3.8) is 0 Å². The fourth-order valence-electron chi connectivity index (χ4n) is 1.48. The molecule has 0 atom stereocenters. The SMILES string of the molecule is CS(=O)(=O)Nc1c(F)cccc1Nc1nc(Cl)ncc1F. The number of aromatic nitrogens is 2. The van der Waals surface area contributed by atoms with Crippen LogP contribution in [-0.2, 0) is 10.0 Å². The molecule has 0 saturated heterocycles. The second-order valence-electron chi connectivity index (χ2n) is 4.00. The molecule has 2 rings (SSSR count). The van der Waals surface area contributed by atoms with Gasteiger partial charge in [0.1, 0.15) is 11.5 Å². The van der Waals surface area contributed by atoms with Crippen molar-refractivity contribution in [2.75, 3.05) is 16.3 Å². The number of halogens is 3. The summed E-state index contributed by atoms with van der Waals surface area (Å²) >= 11 is 5.55. The van der Waals surface area contributed by atoms with Gasteiger partial charge < -0.3 is 5.32 Å². The van der Waals surface area contributed by atoms with E-state index in [1.54, 1.807) is 0 Å². The summed E-state index contributed by atoms with van der Waals surface area (Å²) in [6.07, 6.45) is 1.70. The Morgan fingerprint density at radius 1 is 1.24 bits per heavy atom. The summed E-state index contributed by atoms with van der Waals surface area (Å²) in [5.74, 6) is -1.96. The van der Waals surface area contributed by atoms with Crippen molar-refractivity contribution in [2.24, 2.45) is 0 Å². The van der Waals surface area contributed by atoms with Gasteiger partial charge in [0.2, 0.25) is 15.3 Å². The third-order valence-electron chi connectivity index (χ3n) is 2.27. The van der Waals surface area contributed by atoms with Crippen molar-refractivity contribution in [3.05, 3.63) is 41.3 Å². The number of hydrogen-bond donors (Lipinski definition) is 2. The van der Waals surface area contributed by atoms with Crippen LogP contribution in [0.5, 0.6) is 0 Å². The molecule has 0 radical (unpaired) electrons. The van der Waals surface area contributed by atoms with E-state index in [0.717, 1.165) is 18.5 Å². The van der Waals surface area contributed by atoms with Gasteiger partial charge in [0.25, 0.3) is 0 Å². The minimum absolute atomic E-state index is 0.0194. The molecular formula is C11H9ClF2N4O2S. The molecule has 6 nitrogen and oxygen atoms in total. The largest absolute Gasteiger partial charge is 0.336 e. The Labute approximate surface area is 124 Å². The molecule has 0 aliphatic rings. The first-order valence-corrected chi connectivity index (χ1v) is 7.74. The smallest absolute Gasteiger partial charge is 0.229 e. The van der Waals surface area contributed by atoms with Crippen molar-refractivity contribution >= 4 is 38.8 Å². The lowest BCUT2D eigenvalue weighted by Crippen LogP contribution is -2.13. The van der Waals surface area contributed by atoms with Crippen molar-refractivity contribution in [1.29, 1.82) is 0 Å². The third kappa shape index (κ3) is 3.99. The zero-order valence-corrected chi connectivity index (χ0v) is 12.1. The van der Waals surface area contributed by atoms with E-state index < -0.39 is 21.7 Å². The fraction of sp³-hybridized carbons (Fsp3) is 0.0909. The van der Waals surface area contributed by atoms with E-state index in [1.807, 2.05) is 4.72 Å². The molecule has 1 heterocycles. The van der Waals surface area contributed by atoms with Crippen LogP contribution in [0.25, 0.3) is 0 Å². The molecule has 0 bridgehead atoms. The van der Waals surface area contributed by atoms with E-state index in [2.05, 4.69) is 15.3 Å². The Kier molecular flexibility index (Phi) is 4.24. The van der Waals surface area contributed by atoms with Gasteiger partial charge in [-0.15, -0.1) is 0 Å². The maximum absolute atomic E-state index is 13.7. The predicted octanol–water partition coefficient (Wildman–Crippen LogP) is 2.52. The Hall–Kier alpha value is -2.00. The molecule has 0 fully saturated rings. The number of para-hydroxylation sites is 1. The van der Waals surface area contributed by atoms with Gasteiger partial charge >= 0.3 is 0 Å². The summed E-state index contributed by atoms with van der Waals surface area (Å²) < 4.78 is 51.8. The van der Waals surface area contributed by atoms with E-state index in [1.165, 1.54) is 12.1 Å². The van der Waals surface area contributed by atoms with Crippen LogP contribution >= 0.6 is 11.6 Å². The Morgan fingerprint density at radius 3 is 2.62 bits per heavy atom. The number of anilines is 3. The number of nitrogens with zero attached hydrogens (tertiary/aromatic N) is 2. The summed E-state index contributed by atoms with van der Waals surface area (Å²) in [6.45, 7) is 0. The molecule has 1 aromatic heterocycles. The van der Waals surface area contributed by atoms with Gasteiger partial charge in [-0.05, 0) is 23.7 Å². The van der Waals surface area contributed by atoms with Crippen molar-refractivity contribution in [1.82, 2.24) is 9.97 Å². The molecule has 0 amide bonds. The number of sulfonamides is 1. The first kappa shape index (κ1) is 15.4. The van der Waals surface area contributed by atoms with Crippen LogP contribution in [0.3, 0.4) is 0 Å². The van der Waals surface area contributed by atoms with Crippen LogP contribution in [0.4, 0.5) is 26.0 Å². The molecule has 0 aliphatic carbocycles. The van der Waals surface area contributed by atoms with Crippen molar-refractivity contribution in [3.8, 4) is 0 Å². The number of benzene rings is 1. The van der Waals surface area contributed by atoms with E-state index >= 15 is 0 Å². The van der Waals surface area contributed by atoms with Gasteiger partial charge in [-0.1, -0.05) is 6.07 Å². The Balaban J connectivity index is 2.45. The van der Waals surface area contributed by atoms with Crippen LogP contribution in [0.1, 0.15) is 0 Å². The second kappa shape index (κ2) is 5.78. The minimum atomic E-state index is -3.72.